The van der Waals surface area contributed by atoms with E-state index in [9.17, 15) is 0 Å². The van der Waals surface area contributed by atoms with Gasteiger partial charge in [0.05, 0.1) is 13.7 Å². The molecule has 0 saturated heterocycles. The third kappa shape index (κ3) is 6.43. The van der Waals surface area contributed by atoms with Crippen molar-refractivity contribution >= 4 is 11.8 Å². The minimum atomic E-state index is 0.389. The summed E-state index contributed by atoms with van der Waals surface area (Å²) in [6, 6.07) is 6.04. The minimum Gasteiger partial charge on any atom is -0.497 e. The number of rotatable bonds is 8. The first-order chi connectivity index (χ1) is 10.2. The first kappa shape index (κ1) is 17.9. The predicted octanol–water partition coefficient (Wildman–Crippen LogP) is 2.58. The van der Waals surface area contributed by atoms with Gasteiger partial charge in [-0.2, -0.15) is 11.8 Å². The van der Waals surface area contributed by atoms with Crippen LogP contribution in [0.5, 0.6) is 5.75 Å². The van der Waals surface area contributed by atoms with Crippen molar-refractivity contribution in [2.24, 2.45) is 5.73 Å². The third-order valence-corrected chi connectivity index (χ3v) is 4.33. The Kier molecular flexibility index (Phi) is 9.00. The van der Waals surface area contributed by atoms with Gasteiger partial charge in [-0.3, -0.25) is 0 Å². The number of nitrogens with two attached hydrogens (primary N) is 1. The normalized spacial score (nSPS) is 10.3. The van der Waals surface area contributed by atoms with Crippen molar-refractivity contribution in [1.82, 2.24) is 4.90 Å². The second kappa shape index (κ2) is 10.6. The molecule has 0 unspecified atom stereocenters. The predicted molar refractivity (Wildman–Crippen MR) is 92.9 cm³/mol. The number of methoxy groups -OCH3 is 1. The first-order valence-corrected chi connectivity index (χ1v) is 8.56. The van der Waals surface area contributed by atoms with Gasteiger partial charge < -0.3 is 15.4 Å². The number of benzene rings is 1. The van der Waals surface area contributed by atoms with Crippen LogP contribution in [0.2, 0.25) is 0 Å². The zero-order valence-corrected chi connectivity index (χ0v) is 14.1. The fourth-order valence-corrected chi connectivity index (χ4v) is 2.99. The Hall–Kier alpha value is -1.15. The molecule has 1 rings (SSSR count). The van der Waals surface area contributed by atoms with Crippen LogP contribution in [0.3, 0.4) is 0 Å². The van der Waals surface area contributed by atoms with Crippen molar-refractivity contribution in [3.05, 3.63) is 29.3 Å². The highest BCUT2D eigenvalue weighted by Gasteiger charge is 2.04. The zero-order valence-electron chi connectivity index (χ0n) is 13.3. The maximum Gasteiger partial charge on any atom is 0.119 e. The fourth-order valence-electron chi connectivity index (χ4n) is 2.00. The summed E-state index contributed by atoms with van der Waals surface area (Å²) in [5.74, 6) is 9.03. The quantitative estimate of drug-likeness (QED) is 0.592. The van der Waals surface area contributed by atoms with Gasteiger partial charge in [0, 0.05) is 23.6 Å². The molecule has 0 aliphatic rings. The van der Waals surface area contributed by atoms with Crippen LogP contribution in [0, 0.1) is 11.8 Å². The van der Waals surface area contributed by atoms with Gasteiger partial charge in [0.15, 0.2) is 0 Å². The number of hydrogen-bond donors (Lipinski definition) is 1. The summed E-state index contributed by atoms with van der Waals surface area (Å²) >= 11 is 1.94. The van der Waals surface area contributed by atoms with Crippen molar-refractivity contribution in [1.29, 1.82) is 0 Å². The van der Waals surface area contributed by atoms with E-state index in [0.717, 1.165) is 42.5 Å². The van der Waals surface area contributed by atoms with Gasteiger partial charge in [-0.25, -0.2) is 0 Å². The standard InChI is InChI=1S/C17H26N2OS/c1-4-19(5-2)11-12-21-14-16-13-17(20-3)9-8-15(16)7-6-10-18/h8-9,13H,4-5,10-12,14,18H2,1-3H3. The molecule has 1 aromatic rings. The Bertz CT molecular complexity index is 475. The van der Waals surface area contributed by atoms with Crippen molar-refractivity contribution in [2.45, 2.75) is 19.6 Å². The lowest BCUT2D eigenvalue weighted by Gasteiger charge is -2.17. The van der Waals surface area contributed by atoms with E-state index in [0.29, 0.717) is 6.54 Å². The van der Waals surface area contributed by atoms with Crippen molar-refractivity contribution in [3.63, 3.8) is 0 Å². The lowest BCUT2D eigenvalue weighted by molar-refractivity contribution is 0.324. The smallest absolute Gasteiger partial charge is 0.119 e. The van der Waals surface area contributed by atoms with Crippen LogP contribution in [0.15, 0.2) is 18.2 Å². The Morgan fingerprint density at radius 3 is 2.67 bits per heavy atom. The number of thioether (sulfide) groups is 1. The van der Waals surface area contributed by atoms with Crippen LogP contribution in [0.4, 0.5) is 0 Å². The van der Waals surface area contributed by atoms with Gasteiger partial charge in [-0.1, -0.05) is 25.7 Å². The van der Waals surface area contributed by atoms with E-state index in [1.165, 1.54) is 5.56 Å². The van der Waals surface area contributed by atoms with E-state index < -0.39 is 0 Å². The van der Waals surface area contributed by atoms with E-state index in [-0.39, 0.29) is 0 Å². The molecule has 0 spiro atoms. The Labute approximate surface area is 133 Å². The largest absolute Gasteiger partial charge is 0.497 e. The van der Waals surface area contributed by atoms with Crippen LogP contribution in [-0.2, 0) is 5.75 Å². The molecule has 4 heteroatoms. The summed E-state index contributed by atoms with van der Waals surface area (Å²) in [4.78, 5) is 2.44. The Balaban J connectivity index is 2.63. The van der Waals surface area contributed by atoms with Crippen LogP contribution < -0.4 is 10.5 Å². The lowest BCUT2D eigenvalue weighted by Crippen LogP contribution is -2.25. The molecule has 21 heavy (non-hydrogen) atoms. The van der Waals surface area contributed by atoms with Gasteiger partial charge in [0.1, 0.15) is 5.75 Å². The molecule has 0 aliphatic carbocycles. The summed E-state index contributed by atoms with van der Waals surface area (Å²) in [6.07, 6.45) is 0. The molecule has 3 nitrogen and oxygen atoms in total. The highest BCUT2D eigenvalue weighted by molar-refractivity contribution is 7.98. The molecular weight excluding hydrogens is 280 g/mol. The van der Waals surface area contributed by atoms with E-state index in [2.05, 4.69) is 36.7 Å². The van der Waals surface area contributed by atoms with Crippen molar-refractivity contribution in [2.75, 3.05) is 39.0 Å². The second-order valence-electron chi connectivity index (χ2n) is 4.61. The maximum atomic E-state index is 5.46. The van der Waals surface area contributed by atoms with E-state index >= 15 is 0 Å². The highest BCUT2D eigenvalue weighted by atomic mass is 32.2. The molecule has 0 bridgehead atoms. The molecule has 2 N–H and O–H groups in total. The molecule has 0 atom stereocenters. The molecule has 1 aromatic carbocycles. The molecule has 0 aliphatic heterocycles. The zero-order chi connectivity index (χ0) is 15.5. The van der Waals surface area contributed by atoms with Gasteiger partial charge in [0.25, 0.3) is 0 Å². The summed E-state index contributed by atoms with van der Waals surface area (Å²) in [5.41, 5.74) is 7.73. The van der Waals surface area contributed by atoms with Crippen LogP contribution >= 0.6 is 11.8 Å². The Morgan fingerprint density at radius 1 is 1.29 bits per heavy atom. The summed E-state index contributed by atoms with van der Waals surface area (Å²) in [5, 5.41) is 0. The highest BCUT2D eigenvalue weighted by Crippen LogP contribution is 2.22. The summed E-state index contributed by atoms with van der Waals surface area (Å²) in [7, 11) is 1.69. The molecule has 0 heterocycles. The molecule has 116 valence electrons. The Morgan fingerprint density at radius 2 is 2.05 bits per heavy atom. The van der Waals surface area contributed by atoms with Crippen LogP contribution in [0.1, 0.15) is 25.0 Å². The summed E-state index contributed by atoms with van der Waals surface area (Å²) in [6.45, 7) is 8.16. The summed E-state index contributed by atoms with van der Waals surface area (Å²) < 4.78 is 5.30. The molecular formula is C17H26N2OS. The number of ether oxygens (including phenoxy) is 1. The van der Waals surface area contributed by atoms with Crippen molar-refractivity contribution in [3.8, 4) is 17.6 Å². The monoisotopic (exact) mass is 306 g/mol. The molecule has 0 amide bonds. The average molecular weight is 306 g/mol. The van der Waals surface area contributed by atoms with Gasteiger partial charge in [-0.15, -0.1) is 0 Å². The van der Waals surface area contributed by atoms with E-state index in [4.69, 9.17) is 10.5 Å². The SMILES string of the molecule is CCN(CC)CCSCc1cc(OC)ccc1C#CCN. The van der Waals surface area contributed by atoms with Gasteiger partial charge in [0.2, 0.25) is 0 Å². The fraction of sp³-hybridized carbons (Fsp3) is 0.529. The number of nitrogens with zero attached hydrogens (tertiary/aromatic N) is 1. The third-order valence-electron chi connectivity index (χ3n) is 3.34. The minimum absolute atomic E-state index is 0.389. The molecule has 0 saturated carbocycles. The second-order valence-corrected chi connectivity index (χ2v) is 5.71. The van der Waals surface area contributed by atoms with Crippen molar-refractivity contribution < 1.29 is 4.74 Å². The lowest BCUT2D eigenvalue weighted by atomic mass is 10.1. The first-order valence-electron chi connectivity index (χ1n) is 7.41. The van der Waals surface area contributed by atoms with Crippen LogP contribution in [0.25, 0.3) is 0 Å². The number of hydrogen-bond acceptors (Lipinski definition) is 4. The van der Waals surface area contributed by atoms with Gasteiger partial charge in [-0.05, 0) is 36.9 Å². The van der Waals surface area contributed by atoms with E-state index in [1.807, 2.05) is 23.9 Å². The average Bonchev–Trinajstić information content (AvgIpc) is 2.53. The molecule has 0 radical (unpaired) electrons. The van der Waals surface area contributed by atoms with Crippen LogP contribution in [-0.4, -0.2) is 43.9 Å². The van der Waals surface area contributed by atoms with E-state index in [1.54, 1.807) is 7.11 Å². The molecule has 0 aromatic heterocycles. The molecule has 0 fully saturated rings. The maximum absolute atomic E-state index is 5.46. The topological polar surface area (TPSA) is 38.5 Å². The van der Waals surface area contributed by atoms with Gasteiger partial charge >= 0.3 is 0 Å².